The number of piperidine rings is 1. The first-order valence-corrected chi connectivity index (χ1v) is 6.57. The number of carbonyl (C=O) groups excluding carboxylic acids is 1. The zero-order chi connectivity index (χ0) is 13.5. The Bertz CT molecular complexity index is 391. The predicted octanol–water partition coefficient (Wildman–Crippen LogP) is 0.456. The Morgan fingerprint density at radius 2 is 2.11 bits per heavy atom. The van der Waals surface area contributed by atoms with Gasteiger partial charge >= 0.3 is 0 Å². The van der Waals surface area contributed by atoms with Crippen LogP contribution in [0.2, 0.25) is 0 Å². The van der Waals surface area contributed by atoms with Gasteiger partial charge < -0.3 is 15.0 Å². The molecular formula is C13H20N4O2. The molecule has 0 aromatic carbocycles. The van der Waals surface area contributed by atoms with Gasteiger partial charge in [-0.25, -0.2) is 9.97 Å². The van der Waals surface area contributed by atoms with Crippen LogP contribution >= 0.6 is 0 Å². The van der Waals surface area contributed by atoms with E-state index < -0.39 is 0 Å². The minimum Gasteiger partial charge on any atom is -0.375 e. The molecule has 0 saturated carbocycles. The molecule has 1 amide bonds. The van der Waals surface area contributed by atoms with Crippen LogP contribution in [0.1, 0.15) is 12.8 Å². The molecule has 1 aliphatic heterocycles. The Kier molecular flexibility index (Phi) is 5.09. The van der Waals surface area contributed by atoms with Gasteiger partial charge in [0, 0.05) is 39.1 Å². The lowest BCUT2D eigenvalue weighted by atomic mass is 9.97. The summed E-state index contributed by atoms with van der Waals surface area (Å²) in [7, 11) is 1.53. The number of rotatable bonds is 5. The molecule has 104 valence electrons. The second kappa shape index (κ2) is 7.04. The Morgan fingerprint density at radius 1 is 1.42 bits per heavy atom. The largest absolute Gasteiger partial charge is 0.375 e. The van der Waals surface area contributed by atoms with Crippen LogP contribution in [-0.4, -0.2) is 49.2 Å². The van der Waals surface area contributed by atoms with E-state index in [9.17, 15) is 4.79 Å². The van der Waals surface area contributed by atoms with E-state index in [4.69, 9.17) is 4.74 Å². The number of amides is 1. The van der Waals surface area contributed by atoms with Crippen molar-refractivity contribution in [3.63, 3.8) is 0 Å². The van der Waals surface area contributed by atoms with Crippen LogP contribution in [0.4, 0.5) is 5.95 Å². The summed E-state index contributed by atoms with van der Waals surface area (Å²) in [5.74, 6) is 1.28. The number of hydrogen-bond acceptors (Lipinski definition) is 5. The first-order valence-electron chi connectivity index (χ1n) is 6.57. The Morgan fingerprint density at radius 3 is 2.74 bits per heavy atom. The van der Waals surface area contributed by atoms with Crippen molar-refractivity contribution in [2.24, 2.45) is 5.92 Å². The zero-order valence-electron chi connectivity index (χ0n) is 11.2. The topological polar surface area (TPSA) is 67.3 Å². The van der Waals surface area contributed by atoms with Gasteiger partial charge in [0.25, 0.3) is 0 Å². The van der Waals surface area contributed by atoms with Crippen LogP contribution in [0, 0.1) is 5.92 Å². The smallest absolute Gasteiger partial charge is 0.245 e. The molecule has 0 atom stereocenters. The lowest BCUT2D eigenvalue weighted by Crippen LogP contribution is -2.40. The molecule has 6 heteroatoms. The summed E-state index contributed by atoms with van der Waals surface area (Å²) in [5.41, 5.74) is 0. The highest BCUT2D eigenvalue weighted by atomic mass is 16.5. The van der Waals surface area contributed by atoms with Crippen LogP contribution < -0.4 is 10.2 Å². The van der Waals surface area contributed by atoms with Crippen LogP contribution in [0.3, 0.4) is 0 Å². The van der Waals surface area contributed by atoms with Crippen LogP contribution in [0.25, 0.3) is 0 Å². The number of nitrogens with zero attached hydrogens (tertiary/aromatic N) is 3. The molecule has 1 aromatic heterocycles. The monoisotopic (exact) mass is 264 g/mol. The number of aromatic nitrogens is 2. The first-order chi connectivity index (χ1) is 9.29. The number of anilines is 1. The highest BCUT2D eigenvalue weighted by Crippen LogP contribution is 2.19. The number of methoxy groups -OCH3 is 1. The number of hydrogen-bond donors (Lipinski definition) is 1. The third kappa shape index (κ3) is 4.17. The molecule has 1 aliphatic rings. The van der Waals surface area contributed by atoms with E-state index in [2.05, 4.69) is 20.2 Å². The molecule has 0 spiro atoms. The van der Waals surface area contributed by atoms with E-state index in [1.165, 1.54) is 7.11 Å². The average Bonchev–Trinajstić information content (AvgIpc) is 2.47. The summed E-state index contributed by atoms with van der Waals surface area (Å²) in [4.78, 5) is 22.0. The van der Waals surface area contributed by atoms with E-state index in [0.29, 0.717) is 5.92 Å². The van der Waals surface area contributed by atoms with Crippen molar-refractivity contribution in [3.8, 4) is 0 Å². The summed E-state index contributed by atoms with van der Waals surface area (Å²) < 4.78 is 4.78. The SMILES string of the molecule is COCC(=O)NCC1CCN(c2ncccn2)CC1. The minimum atomic E-state index is -0.0451. The van der Waals surface area contributed by atoms with Gasteiger partial charge in [-0.15, -0.1) is 0 Å². The molecule has 2 heterocycles. The molecule has 0 bridgehead atoms. The summed E-state index contributed by atoms with van der Waals surface area (Å²) in [6.07, 6.45) is 5.62. The fourth-order valence-electron chi connectivity index (χ4n) is 2.23. The van der Waals surface area contributed by atoms with Crippen LogP contribution in [0.5, 0.6) is 0 Å². The van der Waals surface area contributed by atoms with Crippen molar-refractivity contribution >= 4 is 11.9 Å². The molecule has 0 unspecified atom stereocenters. The van der Waals surface area contributed by atoms with Gasteiger partial charge in [0.15, 0.2) is 0 Å². The summed E-state index contributed by atoms with van der Waals surface area (Å²) >= 11 is 0. The van der Waals surface area contributed by atoms with Gasteiger partial charge in [0.2, 0.25) is 11.9 Å². The fourth-order valence-corrected chi connectivity index (χ4v) is 2.23. The van der Waals surface area contributed by atoms with Crippen molar-refractivity contribution in [3.05, 3.63) is 18.5 Å². The maximum atomic E-state index is 11.3. The van der Waals surface area contributed by atoms with Gasteiger partial charge in [0.05, 0.1) is 0 Å². The van der Waals surface area contributed by atoms with E-state index in [-0.39, 0.29) is 12.5 Å². The third-order valence-corrected chi connectivity index (χ3v) is 3.31. The number of ether oxygens (including phenoxy) is 1. The quantitative estimate of drug-likeness (QED) is 0.836. The maximum absolute atomic E-state index is 11.3. The molecule has 1 aromatic rings. The van der Waals surface area contributed by atoms with Crippen molar-refractivity contribution < 1.29 is 9.53 Å². The van der Waals surface area contributed by atoms with Crippen molar-refractivity contribution in [2.75, 3.05) is 38.3 Å². The van der Waals surface area contributed by atoms with Gasteiger partial charge in [-0.2, -0.15) is 0 Å². The lowest BCUT2D eigenvalue weighted by molar-refractivity contribution is -0.124. The van der Waals surface area contributed by atoms with E-state index in [1.54, 1.807) is 12.4 Å². The Balaban J connectivity index is 1.72. The maximum Gasteiger partial charge on any atom is 0.245 e. The third-order valence-electron chi connectivity index (χ3n) is 3.31. The number of nitrogens with one attached hydrogen (secondary N) is 1. The highest BCUT2D eigenvalue weighted by molar-refractivity contribution is 5.77. The molecule has 1 N–H and O–H groups in total. The van der Waals surface area contributed by atoms with Crippen LogP contribution in [-0.2, 0) is 9.53 Å². The molecule has 19 heavy (non-hydrogen) atoms. The van der Waals surface area contributed by atoms with Gasteiger partial charge in [-0.1, -0.05) is 0 Å². The van der Waals surface area contributed by atoms with Crippen molar-refractivity contribution in [2.45, 2.75) is 12.8 Å². The van der Waals surface area contributed by atoms with Crippen molar-refractivity contribution in [1.82, 2.24) is 15.3 Å². The van der Waals surface area contributed by atoms with Gasteiger partial charge in [0.1, 0.15) is 6.61 Å². The number of carbonyl (C=O) groups is 1. The zero-order valence-corrected chi connectivity index (χ0v) is 11.2. The first kappa shape index (κ1) is 13.7. The molecule has 1 fully saturated rings. The molecular weight excluding hydrogens is 244 g/mol. The normalized spacial score (nSPS) is 16.4. The summed E-state index contributed by atoms with van der Waals surface area (Å²) in [6.45, 7) is 2.74. The van der Waals surface area contributed by atoms with E-state index in [0.717, 1.165) is 38.4 Å². The Labute approximate surface area is 113 Å². The summed E-state index contributed by atoms with van der Waals surface area (Å²) in [6, 6.07) is 1.82. The second-order valence-corrected chi connectivity index (χ2v) is 4.72. The lowest BCUT2D eigenvalue weighted by Gasteiger charge is -2.31. The van der Waals surface area contributed by atoms with Crippen molar-refractivity contribution in [1.29, 1.82) is 0 Å². The molecule has 1 saturated heterocycles. The van der Waals surface area contributed by atoms with Gasteiger partial charge in [-0.3, -0.25) is 4.79 Å². The predicted molar refractivity (Wildman–Crippen MR) is 71.9 cm³/mol. The molecule has 0 radical (unpaired) electrons. The molecule has 0 aliphatic carbocycles. The van der Waals surface area contributed by atoms with Gasteiger partial charge in [-0.05, 0) is 24.8 Å². The van der Waals surface area contributed by atoms with E-state index in [1.807, 2.05) is 6.07 Å². The highest BCUT2D eigenvalue weighted by Gasteiger charge is 2.20. The molecule has 2 rings (SSSR count). The summed E-state index contributed by atoms with van der Waals surface area (Å²) in [5, 5.41) is 2.89. The standard InChI is InChI=1S/C13H20N4O2/c1-19-10-12(18)16-9-11-3-7-17(8-4-11)13-14-5-2-6-15-13/h2,5-6,11H,3-4,7-10H2,1H3,(H,16,18). The fraction of sp³-hybridized carbons (Fsp3) is 0.615. The molecule has 6 nitrogen and oxygen atoms in total. The second-order valence-electron chi connectivity index (χ2n) is 4.72. The Hall–Kier alpha value is -1.69. The van der Waals surface area contributed by atoms with E-state index >= 15 is 0 Å². The van der Waals surface area contributed by atoms with Crippen LogP contribution in [0.15, 0.2) is 18.5 Å². The average molecular weight is 264 g/mol. The minimum absolute atomic E-state index is 0.0451.